The Labute approximate surface area is 219 Å². The van der Waals surface area contributed by atoms with Gasteiger partial charge in [0.2, 0.25) is 0 Å². The summed E-state index contributed by atoms with van der Waals surface area (Å²) >= 11 is 0. The maximum absolute atomic E-state index is 13.8. The Kier molecular flexibility index (Phi) is 9.26. The van der Waals surface area contributed by atoms with Crippen LogP contribution in [0.15, 0.2) is 12.2 Å². The molecule has 0 aromatic rings. The summed E-state index contributed by atoms with van der Waals surface area (Å²) in [6.07, 6.45) is 4.71. The van der Waals surface area contributed by atoms with Crippen LogP contribution in [0.2, 0.25) is 0 Å². The molecule has 37 heavy (non-hydrogen) atoms. The van der Waals surface area contributed by atoms with E-state index in [2.05, 4.69) is 0 Å². The lowest BCUT2D eigenvalue weighted by Gasteiger charge is -2.57. The van der Waals surface area contributed by atoms with E-state index in [1.54, 1.807) is 19.9 Å². The number of aliphatic hydroxyl groups is 1. The average molecular weight is 525 g/mol. The standard InChI is InChI=1S/C28H44O9/c1-7-9-21(30)34-16-17(3)18-11-13-27(5,37-33)24-19(29)15-26(4,32)20-12-14-28(6,25(35-20)23(18)24)36-22(31)10-8-2/h11,13,17-18,20,23-25,32-33H,7-10,12,14-16H2,1-6H3. The summed E-state index contributed by atoms with van der Waals surface area (Å²) in [5.74, 6) is -2.91. The van der Waals surface area contributed by atoms with Crippen molar-refractivity contribution in [3.63, 3.8) is 0 Å². The van der Waals surface area contributed by atoms with Gasteiger partial charge in [-0.05, 0) is 58.3 Å². The molecule has 0 aromatic carbocycles. The van der Waals surface area contributed by atoms with Crippen LogP contribution in [0.4, 0.5) is 0 Å². The number of esters is 2. The molecule has 2 N–H and O–H groups in total. The molecule has 2 heterocycles. The van der Waals surface area contributed by atoms with Crippen molar-refractivity contribution in [3.05, 3.63) is 12.2 Å². The van der Waals surface area contributed by atoms with Crippen molar-refractivity contribution < 1.29 is 43.8 Å². The van der Waals surface area contributed by atoms with Crippen LogP contribution in [0.3, 0.4) is 0 Å². The number of carbonyl (C=O) groups is 3. The maximum Gasteiger partial charge on any atom is 0.306 e. The highest BCUT2D eigenvalue weighted by Gasteiger charge is 2.62. The number of hydrogen-bond acceptors (Lipinski definition) is 9. The third kappa shape index (κ3) is 6.10. The van der Waals surface area contributed by atoms with Gasteiger partial charge in [0.05, 0.1) is 24.2 Å². The minimum atomic E-state index is -1.44. The molecule has 0 aromatic heterocycles. The van der Waals surface area contributed by atoms with E-state index in [0.717, 1.165) is 0 Å². The van der Waals surface area contributed by atoms with Gasteiger partial charge in [-0.3, -0.25) is 19.6 Å². The van der Waals surface area contributed by atoms with E-state index in [-0.39, 0.29) is 49.0 Å². The van der Waals surface area contributed by atoms with Gasteiger partial charge in [-0.1, -0.05) is 32.9 Å². The van der Waals surface area contributed by atoms with Crippen molar-refractivity contribution in [2.45, 2.75) is 115 Å². The molecule has 9 heteroatoms. The highest BCUT2D eigenvalue weighted by molar-refractivity contribution is 5.84. The van der Waals surface area contributed by atoms with Crippen LogP contribution in [0, 0.1) is 23.7 Å². The zero-order valence-electron chi connectivity index (χ0n) is 23.0. The van der Waals surface area contributed by atoms with Gasteiger partial charge in [0.15, 0.2) is 0 Å². The molecule has 9 nitrogen and oxygen atoms in total. The molecule has 0 amide bonds. The van der Waals surface area contributed by atoms with E-state index >= 15 is 0 Å². The molecule has 0 radical (unpaired) electrons. The number of fused-ring (bicyclic) bond motifs is 4. The highest BCUT2D eigenvalue weighted by Crippen LogP contribution is 2.53. The van der Waals surface area contributed by atoms with Crippen molar-refractivity contribution in [2.24, 2.45) is 23.7 Å². The fourth-order valence-corrected chi connectivity index (χ4v) is 6.42. The van der Waals surface area contributed by atoms with Crippen LogP contribution >= 0.6 is 0 Å². The Morgan fingerprint density at radius 1 is 1.16 bits per heavy atom. The third-order valence-electron chi connectivity index (χ3n) is 8.45. The smallest absolute Gasteiger partial charge is 0.306 e. The SMILES string of the molecule is CCCC(=O)OCC(C)C1C=CC(C)(OO)C2C(=O)CC(C)(O)C3CCC(C)(OC(=O)CCC)C(O3)C12. The first-order chi connectivity index (χ1) is 17.3. The largest absolute Gasteiger partial charge is 0.465 e. The molecule has 0 spiro atoms. The van der Waals surface area contributed by atoms with Gasteiger partial charge in [0.1, 0.15) is 23.1 Å². The summed E-state index contributed by atoms with van der Waals surface area (Å²) in [5.41, 5.74) is -3.89. The molecule has 3 aliphatic rings. The Bertz CT molecular complexity index is 883. The van der Waals surface area contributed by atoms with Gasteiger partial charge in [-0.25, -0.2) is 4.89 Å². The second kappa shape index (κ2) is 11.5. The lowest BCUT2D eigenvalue weighted by molar-refractivity contribution is -0.330. The van der Waals surface area contributed by atoms with Crippen LogP contribution in [-0.4, -0.2) is 63.7 Å². The van der Waals surface area contributed by atoms with Crippen molar-refractivity contribution >= 4 is 17.7 Å². The quantitative estimate of drug-likeness (QED) is 0.199. The van der Waals surface area contributed by atoms with Crippen LogP contribution < -0.4 is 0 Å². The summed E-state index contributed by atoms with van der Waals surface area (Å²) in [7, 11) is 0. The van der Waals surface area contributed by atoms with Gasteiger partial charge in [-0.15, -0.1) is 0 Å². The van der Waals surface area contributed by atoms with E-state index in [0.29, 0.717) is 32.1 Å². The van der Waals surface area contributed by atoms with Crippen LogP contribution in [0.25, 0.3) is 0 Å². The second-order valence-electron chi connectivity index (χ2n) is 11.8. The molecule has 2 aliphatic heterocycles. The zero-order chi connectivity index (χ0) is 27.6. The molecule has 2 fully saturated rings. The average Bonchev–Trinajstić information content (AvgIpc) is 2.81. The Morgan fingerprint density at radius 2 is 1.81 bits per heavy atom. The summed E-state index contributed by atoms with van der Waals surface area (Å²) in [5, 5.41) is 21.2. The first-order valence-electron chi connectivity index (χ1n) is 13.6. The van der Waals surface area contributed by atoms with Gasteiger partial charge in [0.25, 0.3) is 0 Å². The van der Waals surface area contributed by atoms with Gasteiger partial charge < -0.3 is 19.3 Å². The van der Waals surface area contributed by atoms with Crippen LogP contribution in [0.5, 0.6) is 0 Å². The number of hydrogen-bond donors (Lipinski definition) is 2. The fraction of sp³-hybridized carbons (Fsp3) is 0.821. The Balaban J connectivity index is 2.09. The number of rotatable bonds is 9. The van der Waals surface area contributed by atoms with E-state index in [1.165, 1.54) is 0 Å². The maximum atomic E-state index is 13.8. The van der Waals surface area contributed by atoms with E-state index in [9.17, 15) is 24.7 Å². The summed E-state index contributed by atoms with van der Waals surface area (Å²) in [4.78, 5) is 43.6. The Hall–Kier alpha value is -1.81. The van der Waals surface area contributed by atoms with E-state index in [1.807, 2.05) is 33.8 Å². The van der Waals surface area contributed by atoms with Gasteiger partial charge in [-0.2, -0.15) is 0 Å². The molecule has 3 rings (SSSR count). The number of ether oxygens (including phenoxy) is 3. The number of ketones is 1. The summed E-state index contributed by atoms with van der Waals surface area (Å²) < 4.78 is 18.1. The first-order valence-corrected chi connectivity index (χ1v) is 13.6. The van der Waals surface area contributed by atoms with Crippen molar-refractivity contribution in [1.82, 2.24) is 0 Å². The van der Waals surface area contributed by atoms with Crippen molar-refractivity contribution in [3.8, 4) is 0 Å². The van der Waals surface area contributed by atoms with Gasteiger partial charge in [0, 0.05) is 25.2 Å². The Morgan fingerprint density at radius 3 is 2.43 bits per heavy atom. The molecular formula is C28H44O9. The lowest BCUT2D eigenvalue weighted by Crippen LogP contribution is -2.66. The fourth-order valence-electron chi connectivity index (χ4n) is 6.42. The predicted molar refractivity (Wildman–Crippen MR) is 134 cm³/mol. The second-order valence-corrected chi connectivity index (χ2v) is 11.8. The van der Waals surface area contributed by atoms with Crippen molar-refractivity contribution in [1.29, 1.82) is 0 Å². The summed E-state index contributed by atoms with van der Waals surface area (Å²) in [6.45, 7) is 10.9. The van der Waals surface area contributed by atoms with Crippen LogP contribution in [-0.2, 0) is 33.5 Å². The summed E-state index contributed by atoms with van der Waals surface area (Å²) in [6, 6.07) is 0. The van der Waals surface area contributed by atoms with Crippen molar-refractivity contribution in [2.75, 3.05) is 6.61 Å². The first kappa shape index (κ1) is 29.7. The molecule has 1 aliphatic carbocycles. The molecule has 2 bridgehead atoms. The van der Waals surface area contributed by atoms with E-state index in [4.69, 9.17) is 19.1 Å². The molecule has 0 saturated carbocycles. The molecule has 9 atom stereocenters. The molecule has 210 valence electrons. The minimum absolute atomic E-state index is 0.141. The number of allylic oxidation sites excluding steroid dienone is 1. The topological polar surface area (TPSA) is 129 Å². The number of Topliss-reactive ketones (excluding diaryl/α,β-unsaturated/α-hetero) is 1. The zero-order valence-corrected chi connectivity index (χ0v) is 23.0. The monoisotopic (exact) mass is 524 g/mol. The third-order valence-corrected chi connectivity index (χ3v) is 8.45. The highest BCUT2D eigenvalue weighted by atomic mass is 17.1. The molecular weight excluding hydrogens is 480 g/mol. The van der Waals surface area contributed by atoms with Gasteiger partial charge >= 0.3 is 11.9 Å². The minimum Gasteiger partial charge on any atom is -0.465 e. The molecule has 2 saturated heterocycles. The normalized spacial score (nSPS) is 40.2. The van der Waals surface area contributed by atoms with E-state index < -0.39 is 40.8 Å². The number of carbonyl (C=O) groups excluding carboxylic acids is 3. The lowest BCUT2D eigenvalue weighted by atomic mass is 9.57. The molecule has 9 unspecified atom stereocenters. The predicted octanol–water partition coefficient (Wildman–Crippen LogP) is 4.01. The van der Waals surface area contributed by atoms with Crippen LogP contribution in [0.1, 0.15) is 86.5 Å².